The number of nitrogens with zero attached hydrogens (tertiary/aromatic N) is 4. The van der Waals surface area contributed by atoms with Crippen LogP contribution in [0.15, 0.2) is 29.3 Å². The predicted molar refractivity (Wildman–Crippen MR) is 116 cm³/mol. The van der Waals surface area contributed by atoms with Crippen LogP contribution in [0.4, 0.5) is 0 Å². The van der Waals surface area contributed by atoms with Gasteiger partial charge in [-0.15, -0.1) is 11.8 Å². The number of carbonyl (C=O) groups excluding carboxylic acids is 3. The molecule has 10 nitrogen and oxygen atoms in total. The van der Waals surface area contributed by atoms with Crippen LogP contribution in [0.2, 0.25) is 0 Å². The van der Waals surface area contributed by atoms with Crippen molar-refractivity contribution in [2.45, 2.75) is 49.7 Å². The fraction of sp³-hybridized carbons (Fsp3) is 0.636. The van der Waals surface area contributed by atoms with Crippen LogP contribution in [0.25, 0.3) is 0 Å². The minimum absolute atomic E-state index is 0.0186. The van der Waals surface area contributed by atoms with Gasteiger partial charge in [0.1, 0.15) is 18.4 Å². The molecule has 178 valence electrons. The molecular weight excluding hydrogens is 446 g/mol. The highest BCUT2D eigenvalue weighted by Crippen LogP contribution is 2.51. The molecule has 5 rings (SSSR count). The number of aryl methyl sites for hydroxylation is 1. The lowest BCUT2D eigenvalue weighted by Gasteiger charge is -2.47. The molecule has 2 amide bonds. The predicted octanol–water partition coefficient (Wildman–Crippen LogP) is -2.02. The number of imidazole rings is 1. The molecule has 6 atom stereocenters. The van der Waals surface area contributed by atoms with Gasteiger partial charge < -0.3 is 30.1 Å². The Labute approximate surface area is 196 Å². The van der Waals surface area contributed by atoms with Crippen molar-refractivity contribution in [3.8, 4) is 0 Å². The highest BCUT2D eigenvalue weighted by atomic mass is 32.2. The van der Waals surface area contributed by atoms with Crippen LogP contribution in [0.1, 0.15) is 26.3 Å². The number of nitrogens with one attached hydrogen (secondary N) is 1. The molecule has 0 bridgehead atoms. The Morgan fingerprint density at radius 2 is 2.09 bits per heavy atom. The minimum Gasteiger partial charge on any atom is -0.543 e. The number of β-lactam (4-membered cyclic amide) rings is 1. The summed E-state index contributed by atoms with van der Waals surface area (Å²) in [5.74, 6) is -2.45. The lowest BCUT2D eigenvalue weighted by Crippen LogP contribution is -2.64. The van der Waals surface area contributed by atoms with Crippen LogP contribution in [0.3, 0.4) is 0 Å². The number of carbonyl (C=O) groups is 3. The molecule has 0 aliphatic carbocycles. The number of aliphatic hydroxyl groups excluding tert-OH is 1. The van der Waals surface area contributed by atoms with Gasteiger partial charge in [0, 0.05) is 22.6 Å². The molecule has 33 heavy (non-hydrogen) atoms. The van der Waals surface area contributed by atoms with Crippen molar-refractivity contribution >= 4 is 29.5 Å². The van der Waals surface area contributed by atoms with Crippen molar-refractivity contribution in [1.82, 2.24) is 19.7 Å². The molecule has 3 saturated heterocycles. The molecule has 3 fully saturated rings. The van der Waals surface area contributed by atoms with E-state index in [9.17, 15) is 24.6 Å². The Bertz CT molecular complexity index is 1030. The fourth-order valence-electron chi connectivity index (χ4n) is 5.56. The molecule has 1 aromatic heterocycles. The maximum Gasteiger partial charge on any atom is 0.243 e. The second-order valence-electron chi connectivity index (χ2n) is 9.61. The van der Waals surface area contributed by atoms with Crippen molar-refractivity contribution in [3.63, 3.8) is 0 Å². The second kappa shape index (κ2) is 8.14. The number of aliphatic hydroxyl groups is 1. The number of carboxylic acids is 1. The SMILES string of the molecule is CC(O)C1C(=O)N2C(C(=O)[O-])=C(SC3CNC(C(=O)N4CC(n5cc[n+](C)c5)C4)C3)C(C)[C@H]12. The Kier molecular flexibility index (Phi) is 5.53. The third kappa shape index (κ3) is 3.57. The Hall–Kier alpha value is -2.37. The van der Waals surface area contributed by atoms with Gasteiger partial charge in [-0.25, -0.2) is 9.13 Å². The summed E-state index contributed by atoms with van der Waals surface area (Å²) in [5.41, 5.74) is -0.0698. The summed E-state index contributed by atoms with van der Waals surface area (Å²) in [7, 11) is 1.97. The monoisotopic (exact) mass is 475 g/mol. The van der Waals surface area contributed by atoms with Crippen molar-refractivity contribution < 1.29 is 29.2 Å². The largest absolute Gasteiger partial charge is 0.543 e. The molecule has 0 saturated carbocycles. The van der Waals surface area contributed by atoms with Crippen molar-refractivity contribution in [1.29, 1.82) is 0 Å². The summed E-state index contributed by atoms with van der Waals surface area (Å²) in [6, 6.07) is -0.356. The van der Waals surface area contributed by atoms with Gasteiger partial charge in [0.25, 0.3) is 0 Å². The van der Waals surface area contributed by atoms with E-state index in [0.717, 1.165) is 0 Å². The standard InChI is InChI=1S/C22H29N5O5S/c1-11-17-16(12(2)28)21(30)27(17)18(22(31)32)19(11)33-14-6-15(23-7-14)20(29)26-8-13(9-26)25-5-4-24(3)10-25/h4-5,10-17,23,28H,6-9H2,1-3H3/t11?,12?,14?,15?,16?,17-/m1/s1. The fourth-order valence-corrected chi connectivity index (χ4v) is 7.03. The molecule has 0 spiro atoms. The van der Waals surface area contributed by atoms with Crippen LogP contribution in [-0.2, 0) is 21.4 Å². The number of likely N-dealkylation sites (tertiary alicyclic amines) is 1. The van der Waals surface area contributed by atoms with Crippen LogP contribution < -0.4 is 15.0 Å². The van der Waals surface area contributed by atoms with Gasteiger partial charge in [-0.2, -0.15) is 0 Å². The zero-order valence-electron chi connectivity index (χ0n) is 18.9. The van der Waals surface area contributed by atoms with Crippen molar-refractivity contribution in [2.24, 2.45) is 18.9 Å². The average molecular weight is 476 g/mol. The maximum atomic E-state index is 12.9. The molecular formula is C22H29N5O5S. The summed E-state index contributed by atoms with van der Waals surface area (Å²) in [6.07, 6.45) is 5.75. The van der Waals surface area contributed by atoms with E-state index >= 15 is 0 Å². The number of carboxylic acid groups (broad SMARTS) is 1. The van der Waals surface area contributed by atoms with E-state index in [1.807, 2.05) is 42.2 Å². The van der Waals surface area contributed by atoms with E-state index in [2.05, 4.69) is 9.88 Å². The number of fused-ring (bicyclic) bond motifs is 1. The topological polar surface area (TPSA) is 122 Å². The Balaban J connectivity index is 1.21. The highest BCUT2D eigenvalue weighted by Gasteiger charge is 2.59. The normalized spacial score (nSPS) is 32.6. The highest BCUT2D eigenvalue weighted by molar-refractivity contribution is 8.03. The summed E-state index contributed by atoms with van der Waals surface area (Å²) in [5, 5.41) is 25.2. The van der Waals surface area contributed by atoms with Gasteiger partial charge in [0.05, 0.1) is 55.9 Å². The van der Waals surface area contributed by atoms with Crippen LogP contribution >= 0.6 is 11.8 Å². The molecule has 0 radical (unpaired) electrons. The number of aliphatic carboxylic acids is 1. The first-order valence-corrected chi connectivity index (χ1v) is 12.2. The van der Waals surface area contributed by atoms with Gasteiger partial charge in [-0.1, -0.05) is 6.92 Å². The van der Waals surface area contributed by atoms with E-state index in [-0.39, 0.29) is 40.8 Å². The number of thioether (sulfide) groups is 1. The quantitative estimate of drug-likeness (QED) is 0.360. The molecule has 11 heteroatoms. The van der Waals surface area contributed by atoms with Gasteiger partial charge in [-0.3, -0.25) is 9.59 Å². The van der Waals surface area contributed by atoms with Crippen LogP contribution in [-0.4, -0.2) is 80.3 Å². The lowest BCUT2D eigenvalue weighted by atomic mass is 9.79. The molecule has 5 heterocycles. The van der Waals surface area contributed by atoms with Gasteiger partial charge in [0.2, 0.25) is 18.1 Å². The number of amides is 2. The molecule has 2 N–H and O–H groups in total. The third-order valence-electron chi connectivity index (χ3n) is 7.37. The third-order valence-corrected chi connectivity index (χ3v) is 8.88. The first-order valence-electron chi connectivity index (χ1n) is 11.4. The zero-order chi connectivity index (χ0) is 23.6. The molecule has 0 aromatic carbocycles. The summed E-state index contributed by atoms with van der Waals surface area (Å²) in [4.78, 5) is 41.1. The van der Waals surface area contributed by atoms with Crippen LogP contribution in [0.5, 0.6) is 0 Å². The Morgan fingerprint density at radius 3 is 2.70 bits per heavy atom. The first kappa shape index (κ1) is 22.4. The van der Waals surface area contributed by atoms with E-state index < -0.39 is 18.0 Å². The maximum absolute atomic E-state index is 12.9. The average Bonchev–Trinajstić information content (AvgIpc) is 3.40. The lowest BCUT2D eigenvalue weighted by molar-refractivity contribution is -0.671. The number of aromatic nitrogens is 2. The molecule has 4 aliphatic heterocycles. The Morgan fingerprint density at radius 1 is 1.36 bits per heavy atom. The molecule has 1 aromatic rings. The van der Waals surface area contributed by atoms with Gasteiger partial charge >= 0.3 is 0 Å². The summed E-state index contributed by atoms with van der Waals surface area (Å²) < 4.78 is 4.09. The molecule has 4 aliphatic rings. The van der Waals surface area contributed by atoms with Crippen LogP contribution in [0, 0.1) is 11.8 Å². The van der Waals surface area contributed by atoms with E-state index in [0.29, 0.717) is 37.0 Å². The number of hydrogen-bond donors (Lipinski definition) is 2. The second-order valence-corrected chi connectivity index (χ2v) is 11.0. The van der Waals surface area contributed by atoms with Gasteiger partial charge in [0.15, 0.2) is 0 Å². The first-order chi connectivity index (χ1) is 15.7. The van der Waals surface area contributed by atoms with Crippen molar-refractivity contribution in [3.05, 3.63) is 29.3 Å². The van der Waals surface area contributed by atoms with Crippen molar-refractivity contribution in [2.75, 3.05) is 19.6 Å². The summed E-state index contributed by atoms with van der Waals surface area (Å²) in [6.45, 7) is 5.40. The summed E-state index contributed by atoms with van der Waals surface area (Å²) >= 11 is 1.42. The van der Waals surface area contributed by atoms with Gasteiger partial charge in [-0.05, 0) is 13.3 Å². The smallest absolute Gasteiger partial charge is 0.243 e. The van der Waals surface area contributed by atoms with E-state index in [4.69, 9.17) is 0 Å². The number of hydrogen-bond acceptors (Lipinski definition) is 7. The molecule has 5 unspecified atom stereocenters. The zero-order valence-corrected chi connectivity index (χ0v) is 19.7. The minimum atomic E-state index is -1.37. The van der Waals surface area contributed by atoms with E-state index in [1.54, 1.807) is 6.92 Å². The number of rotatable bonds is 6. The van der Waals surface area contributed by atoms with E-state index in [1.165, 1.54) is 16.7 Å².